The molecular weight excluding hydrogens is 486 g/mol. The van der Waals surface area contributed by atoms with E-state index in [1.807, 2.05) is 121 Å². The molecule has 0 bridgehead atoms. The number of aliphatic hydroxyl groups is 2. The molecule has 5 nitrogen and oxygen atoms in total. The number of halogens is 1. The highest BCUT2D eigenvalue weighted by atomic mass is 35.5. The van der Waals surface area contributed by atoms with Crippen LogP contribution in [0.4, 0.5) is 0 Å². The Balaban J connectivity index is 0.00000481. The number of aliphatic hydroxyl groups excluding tert-OH is 2. The molecule has 3 rings (SSSR count). The van der Waals surface area contributed by atoms with Crippen molar-refractivity contribution in [2.75, 3.05) is 6.61 Å². The third kappa shape index (κ3) is 10.6. The van der Waals surface area contributed by atoms with Crippen molar-refractivity contribution in [2.45, 2.75) is 50.5 Å². The van der Waals surface area contributed by atoms with E-state index in [0.29, 0.717) is 6.61 Å². The van der Waals surface area contributed by atoms with Gasteiger partial charge >= 0.3 is 0 Å². The fourth-order valence-corrected chi connectivity index (χ4v) is 3.90. The Kier molecular flexibility index (Phi) is 13.9. The zero-order valence-electron chi connectivity index (χ0n) is 21.3. The number of nitrogens with two attached hydrogens (primary N) is 1. The Morgan fingerprint density at radius 2 is 1.38 bits per heavy atom. The van der Waals surface area contributed by atoms with Crippen LogP contribution >= 0.6 is 0 Å². The summed E-state index contributed by atoms with van der Waals surface area (Å²) in [6.07, 6.45) is 2.89. The molecule has 0 saturated heterocycles. The van der Waals surface area contributed by atoms with Gasteiger partial charge in [-0.3, -0.25) is 0 Å². The van der Waals surface area contributed by atoms with E-state index in [1.165, 1.54) is 0 Å². The van der Waals surface area contributed by atoms with Crippen LogP contribution in [0, 0.1) is 0 Å². The number of quaternary nitrogens is 1. The highest BCUT2D eigenvalue weighted by Crippen LogP contribution is 2.15. The lowest BCUT2D eigenvalue weighted by atomic mass is 9.98. The fraction of sp³-hybridized carbons (Fsp3) is 0.290. The van der Waals surface area contributed by atoms with E-state index in [0.717, 1.165) is 16.7 Å². The van der Waals surface area contributed by atoms with Crippen LogP contribution in [0.15, 0.2) is 110 Å². The standard InChI is InChI=1S/C31H37NO4.ClH/c1-3-24(2)32-28(20-19-25-13-7-4-8-14-25)30(34)31(36-22-27-17-11-6-12-18-27)29(33)23-35-21-26-15-9-5-10-16-26;/h3-20,24,28-34H,1,21-23H2,2H3;1H/b20-19+;/t24-,28-,29+,30-,31-;/m1./s1. The fourth-order valence-electron chi connectivity index (χ4n) is 3.90. The number of hydrogen-bond acceptors (Lipinski definition) is 4. The molecule has 0 saturated carbocycles. The molecule has 37 heavy (non-hydrogen) atoms. The zero-order valence-corrected chi connectivity index (χ0v) is 22.0. The first-order valence-electron chi connectivity index (χ1n) is 12.4. The quantitative estimate of drug-likeness (QED) is 0.257. The van der Waals surface area contributed by atoms with Gasteiger partial charge in [-0.05, 0) is 35.8 Å². The van der Waals surface area contributed by atoms with Crippen LogP contribution in [-0.4, -0.2) is 47.2 Å². The summed E-state index contributed by atoms with van der Waals surface area (Å²) in [5.41, 5.74) is 3.01. The molecule has 0 aromatic heterocycles. The summed E-state index contributed by atoms with van der Waals surface area (Å²) in [6, 6.07) is 29.1. The first-order valence-corrected chi connectivity index (χ1v) is 12.4. The Morgan fingerprint density at radius 1 is 0.838 bits per heavy atom. The monoisotopic (exact) mass is 523 g/mol. The predicted octanol–water partition coefficient (Wildman–Crippen LogP) is 0.734. The van der Waals surface area contributed by atoms with E-state index in [2.05, 4.69) is 6.58 Å². The van der Waals surface area contributed by atoms with E-state index in [4.69, 9.17) is 9.47 Å². The van der Waals surface area contributed by atoms with Gasteiger partial charge in [-0.2, -0.15) is 0 Å². The maximum atomic E-state index is 11.5. The van der Waals surface area contributed by atoms with Gasteiger partial charge in [0.1, 0.15) is 30.4 Å². The molecule has 0 heterocycles. The Labute approximate surface area is 226 Å². The van der Waals surface area contributed by atoms with E-state index in [9.17, 15) is 10.2 Å². The molecule has 0 aliphatic rings. The van der Waals surface area contributed by atoms with Crippen molar-refractivity contribution in [3.8, 4) is 0 Å². The third-order valence-electron chi connectivity index (χ3n) is 6.00. The second kappa shape index (κ2) is 16.9. The van der Waals surface area contributed by atoms with E-state index < -0.39 is 18.3 Å². The van der Waals surface area contributed by atoms with Crippen molar-refractivity contribution >= 4 is 6.08 Å². The minimum Gasteiger partial charge on any atom is -1.00 e. The molecule has 0 amide bonds. The summed E-state index contributed by atoms with van der Waals surface area (Å²) >= 11 is 0. The van der Waals surface area contributed by atoms with Gasteiger partial charge in [-0.1, -0.05) is 104 Å². The molecule has 6 heteroatoms. The number of hydrogen-bond donors (Lipinski definition) is 3. The van der Waals surface area contributed by atoms with Crippen LogP contribution in [0.2, 0.25) is 0 Å². The van der Waals surface area contributed by atoms with E-state index in [-0.39, 0.29) is 37.7 Å². The molecular formula is C31H38ClNO4. The summed E-state index contributed by atoms with van der Waals surface area (Å²) in [6.45, 7) is 6.57. The largest absolute Gasteiger partial charge is 1.00 e. The second-order valence-electron chi connectivity index (χ2n) is 8.95. The first-order chi connectivity index (χ1) is 17.6. The summed E-state index contributed by atoms with van der Waals surface area (Å²) in [4.78, 5) is 0. The van der Waals surface area contributed by atoms with Gasteiger partial charge in [0.05, 0.1) is 19.8 Å². The van der Waals surface area contributed by atoms with E-state index in [1.54, 1.807) is 0 Å². The molecule has 0 radical (unpaired) electrons. The van der Waals surface area contributed by atoms with Crippen LogP contribution in [0.1, 0.15) is 23.6 Å². The maximum absolute atomic E-state index is 11.5. The second-order valence-corrected chi connectivity index (χ2v) is 8.95. The number of rotatable bonds is 15. The van der Waals surface area contributed by atoms with Gasteiger partial charge in [0.15, 0.2) is 0 Å². The summed E-state index contributed by atoms with van der Waals surface area (Å²) in [7, 11) is 0. The topological polar surface area (TPSA) is 75.5 Å². The molecule has 5 atom stereocenters. The average Bonchev–Trinajstić information content (AvgIpc) is 2.92. The molecule has 3 aromatic rings. The van der Waals surface area contributed by atoms with Gasteiger partial charge in [0, 0.05) is 0 Å². The molecule has 0 fully saturated rings. The Hall–Kier alpha value is -2.77. The number of benzene rings is 3. The summed E-state index contributed by atoms with van der Waals surface area (Å²) in [5, 5.41) is 24.6. The van der Waals surface area contributed by atoms with Gasteiger partial charge < -0.3 is 37.4 Å². The molecule has 3 aromatic carbocycles. The van der Waals surface area contributed by atoms with Crippen LogP contribution in [0.25, 0.3) is 6.08 Å². The van der Waals surface area contributed by atoms with Gasteiger partial charge in [0.25, 0.3) is 0 Å². The van der Waals surface area contributed by atoms with Gasteiger partial charge in [-0.15, -0.1) is 0 Å². The van der Waals surface area contributed by atoms with Crippen LogP contribution in [0.3, 0.4) is 0 Å². The average molecular weight is 524 g/mol. The summed E-state index contributed by atoms with van der Waals surface area (Å²) < 4.78 is 11.9. The Bertz CT molecular complexity index is 1030. The highest BCUT2D eigenvalue weighted by molar-refractivity contribution is 5.49. The lowest BCUT2D eigenvalue weighted by molar-refractivity contribution is -0.707. The van der Waals surface area contributed by atoms with Crippen LogP contribution < -0.4 is 17.7 Å². The molecule has 0 aliphatic carbocycles. The first kappa shape index (κ1) is 30.5. The van der Waals surface area contributed by atoms with Crippen molar-refractivity contribution in [1.82, 2.24) is 0 Å². The van der Waals surface area contributed by atoms with E-state index >= 15 is 0 Å². The molecule has 0 unspecified atom stereocenters. The minimum absolute atomic E-state index is 0. The molecule has 0 spiro atoms. The normalized spacial score (nSPS) is 15.3. The van der Waals surface area contributed by atoms with Crippen molar-refractivity contribution in [3.63, 3.8) is 0 Å². The van der Waals surface area contributed by atoms with Crippen LogP contribution in [0.5, 0.6) is 0 Å². The lowest BCUT2D eigenvalue weighted by Crippen LogP contribution is -3.00. The van der Waals surface area contributed by atoms with Crippen molar-refractivity contribution in [3.05, 3.63) is 126 Å². The maximum Gasteiger partial charge on any atom is 0.138 e. The van der Waals surface area contributed by atoms with Gasteiger partial charge in [-0.25, -0.2) is 0 Å². The number of ether oxygens (including phenoxy) is 2. The highest BCUT2D eigenvalue weighted by Gasteiger charge is 2.35. The lowest BCUT2D eigenvalue weighted by Gasteiger charge is -2.31. The van der Waals surface area contributed by atoms with Crippen molar-refractivity contribution < 1.29 is 37.4 Å². The van der Waals surface area contributed by atoms with Crippen molar-refractivity contribution in [1.29, 1.82) is 0 Å². The zero-order chi connectivity index (χ0) is 25.6. The molecule has 4 N–H and O–H groups in total. The molecule has 198 valence electrons. The van der Waals surface area contributed by atoms with Crippen LogP contribution in [-0.2, 0) is 22.7 Å². The summed E-state index contributed by atoms with van der Waals surface area (Å²) in [5.74, 6) is 0. The Morgan fingerprint density at radius 3 is 1.95 bits per heavy atom. The van der Waals surface area contributed by atoms with Crippen molar-refractivity contribution in [2.24, 2.45) is 0 Å². The molecule has 0 aliphatic heterocycles. The smallest absolute Gasteiger partial charge is 0.138 e. The van der Waals surface area contributed by atoms with Gasteiger partial charge in [0.2, 0.25) is 0 Å². The third-order valence-corrected chi connectivity index (χ3v) is 6.00. The minimum atomic E-state index is -1.02. The predicted molar refractivity (Wildman–Crippen MR) is 144 cm³/mol. The SMILES string of the molecule is C=C[C@@H](C)[NH2+][C@H](/C=C/c1ccccc1)[C@@H](O)[C@H](OCc1ccccc1)[C@@H](O)COCc1ccccc1.[Cl-].